The smallest absolute Gasteiger partial charge is 0.392 e. The van der Waals surface area contributed by atoms with Gasteiger partial charge >= 0.3 is 6.18 Å². The van der Waals surface area contributed by atoms with Crippen LogP contribution in [0.2, 0.25) is 0 Å². The summed E-state index contributed by atoms with van der Waals surface area (Å²) in [6.07, 6.45) is -5.06. The zero-order valence-electron chi connectivity index (χ0n) is 7.77. The molecule has 0 saturated heterocycles. The highest BCUT2D eigenvalue weighted by Crippen LogP contribution is 2.19. The summed E-state index contributed by atoms with van der Waals surface area (Å²) in [7, 11) is 1.90. The third-order valence-corrected chi connectivity index (χ3v) is 1.68. The number of ether oxygens (including phenoxy) is 1. The van der Waals surface area contributed by atoms with Gasteiger partial charge in [-0.25, -0.2) is 0 Å². The number of hydrogen-bond acceptors (Lipinski definition) is 1. The summed E-state index contributed by atoms with van der Waals surface area (Å²) in [6.45, 7) is -0.327. The van der Waals surface area contributed by atoms with Crippen LogP contribution in [0.1, 0.15) is 6.42 Å². The summed E-state index contributed by atoms with van der Waals surface area (Å²) in [6, 6.07) is 6.91. The Hall–Kier alpha value is -1.13. The summed E-state index contributed by atoms with van der Waals surface area (Å²) >= 11 is 0. The zero-order valence-corrected chi connectivity index (χ0v) is 7.77. The lowest BCUT2D eigenvalue weighted by Gasteiger charge is -2.08. The van der Waals surface area contributed by atoms with Crippen molar-refractivity contribution in [2.45, 2.75) is 12.6 Å². The van der Waals surface area contributed by atoms with E-state index < -0.39 is 12.6 Å². The van der Waals surface area contributed by atoms with Crippen molar-refractivity contribution in [2.75, 3.05) is 6.61 Å². The lowest BCUT2D eigenvalue weighted by Crippen LogP contribution is -2.13. The Morgan fingerprint density at radius 3 is 2.21 bits per heavy atom. The van der Waals surface area contributed by atoms with Crippen molar-refractivity contribution in [3.05, 3.63) is 24.3 Å². The van der Waals surface area contributed by atoms with Crippen molar-refractivity contribution < 1.29 is 17.9 Å². The first-order valence-corrected chi connectivity index (χ1v) is 4.23. The average Bonchev–Trinajstić information content (AvgIpc) is 2.06. The SMILES string of the molecule is Bc1ccc(OCCC(F)(F)F)cc1. The van der Waals surface area contributed by atoms with Gasteiger partial charge in [0.05, 0.1) is 13.0 Å². The predicted octanol–water partition coefficient (Wildman–Crippen LogP) is 1.28. The van der Waals surface area contributed by atoms with Crippen LogP contribution in [0.5, 0.6) is 5.75 Å². The van der Waals surface area contributed by atoms with E-state index >= 15 is 0 Å². The molecule has 0 atom stereocenters. The van der Waals surface area contributed by atoms with Gasteiger partial charge in [0.15, 0.2) is 0 Å². The van der Waals surface area contributed by atoms with Crippen LogP contribution >= 0.6 is 0 Å². The maximum absolute atomic E-state index is 11.7. The summed E-state index contributed by atoms with van der Waals surface area (Å²) in [5, 5.41) is 0. The highest BCUT2D eigenvalue weighted by molar-refractivity contribution is 6.32. The lowest BCUT2D eigenvalue weighted by atomic mass is 9.97. The van der Waals surface area contributed by atoms with Gasteiger partial charge in [0.1, 0.15) is 13.6 Å². The molecule has 0 N–H and O–H groups in total. The van der Waals surface area contributed by atoms with Crippen molar-refractivity contribution in [3.63, 3.8) is 0 Å². The number of alkyl halides is 3. The van der Waals surface area contributed by atoms with E-state index in [4.69, 9.17) is 4.74 Å². The second-order valence-corrected chi connectivity index (χ2v) is 3.03. The second kappa shape index (κ2) is 4.40. The van der Waals surface area contributed by atoms with Crippen molar-refractivity contribution in [2.24, 2.45) is 0 Å². The summed E-state index contributed by atoms with van der Waals surface area (Å²) < 4.78 is 40.1. The number of halogens is 3. The molecule has 0 aliphatic carbocycles. The molecule has 0 heterocycles. The Balaban J connectivity index is 2.35. The molecule has 1 aromatic rings. The van der Waals surface area contributed by atoms with Gasteiger partial charge in [0, 0.05) is 0 Å². The Morgan fingerprint density at radius 2 is 1.71 bits per heavy atom. The minimum absolute atomic E-state index is 0.327. The molecular weight excluding hydrogens is 192 g/mol. The molecular formula is C9H10BF3O. The molecule has 0 bridgehead atoms. The normalized spacial score (nSPS) is 11.4. The van der Waals surface area contributed by atoms with Crippen LogP contribution in [0, 0.1) is 0 Å². The monoisotopic (exact) mass is 202 g/mol. The molecule has 76 valence electrons. The van der Waals surface area contributed by atoms with E-state index in [2.05, 4.69) is 0 Å². The minimum Gasteiger partial charge on any atom is -0.493 e. The van der Waals surface area contributed by atoms with Gasteiger partial charge in [-0.1, -0.05) is 17.6 Å². The van der Waals surface area contributed by atoms with Crippen LogP contribution in [-0.4, -0.2) is 20.6 Å². The number of hydrogen-bond donors (Lipinski definition) is 0. The first kappa shape index (κ1) is 11.0. The Morgan fingerprint density at radius 1 is 1.14 bits per heavy atom. The third-order valence-electron chi connectivity index (χ3n) is 1.68. The summed E-state index contributed by atoms with van der Waals surface area (Å²) in [5.41, 5.74) is 1.05. The molecule has 0 unspecified atom stereocenters. The van der Waals surface area contributed by atoms with Gasteiger partial charge in [-0.05, 0) is 12.1 Å². The van der Waals surface area contributed by atoms with Gasteiger partial charge < -0.3 is 4.74 Å². The summed E-state index contributed by atoms with van der Waals surface area (Å²) in [4.78, 5) is 0. The fraction of sp³-hybridized carbons (Fsp3) is 0.333. The number of benzene rings is 1. The van der Waals surface area contributed by atoms with Crippen LogP contribution in [-0.2, 0) is 0 Å². The van der Waals surface area contributed by atoms with E-state index in [1.54, 1.807) is 24.3 Å². The predicted molar refractivity (Wildman–Crippen MR) is 50.8 cm³/mol. The van der Waals surface area contributed by atoms with Gasteiger partial charge in [-0.15, -0.1) is 0 Å². The molecule has 0 spiro atoms. The van der Waals surface area contributed by atoms with E-state index in [0.29, 0.717) is 5.75 Å². The fourth-order valence-electron chi connectivity index (χ4n) is 0.919. The molecule has 0 aliphatic heterocycles. The first-order valence-electron chi connectivity index (χ1n) is 4.23. The van der Waals surface area contributed by atoms with Crippen molar-refractivity contribution in [3.8, 4) is 5.75 Å². The molecule has 14 heavy (non-hydrogen) atoms. The van der Waals surface area contributed by atoms with Crippen LogP contribution in [0.25, 0.3) is 0 Å². The van der Waals surface area contributed by atoms with E-state index in [9.17, 15) is 13.2 Å². The van der Waals surface area contributed by atoms with Gasteiger partial charge in [-0.3, -0.25) is 0 Å². The fourth-order valence-corrected chi connectivity index (χ4v) is 0.919. The lowest BCUT2D eigenvalue weighted by molar-refractivity contribution is -0.139. The average molecular weight is 202 g/mol. The molecule has 1 nitrogen and oxygen atoms in total. The van der Waals surface area contributed by atoms with Crippen LogP contribution < -0.4 is 10.2 Å². The molecule has 0 amide bonds. The molecule has 0 fully saturated rings. The van der Waals surface area contributed by atoms with E-state index in [-0.39, 0.29) is 6.61 Å². The minimum atomic E-state index is -4.15. The third kappa shape index (κ3) is 4.21. The highest BCUT2D eigenvalue weighted by atomic mass is 19.4. The molecule has 0 aromatic heterocycles. The standard InChI is InChI=1S/C9H10BF3O/c10-7-1-3-8(4-2-7)14-6-5-9(11,12)13/h1-4H,5-6,10H2. The highest BCUT2D eigenvalue weighted by Gasteiger charge is 2.26. The Bertz CT molecular complexity index is 281. The second-order valence-electron chi connectivity index (χ2n) is 3.03. The topological polar surface area (TPSA) is 9.23 Å². The molecule has 0 aliphatic rings. The molecule has 0 saturated carbocycles. The van der Waals surface area contributed by atoms with Crippen molar-refractivity contribution in [1.29, 1.82) is 0 Å². The first-order chi connectivity index (χ1) is 6.47. The number of rotatable bonds is 3. The van der Waals surface area contributed by atoms with Gasteiger partial charge in [0.25, 0.3) is 0 Å². The Labute approximate surface area is 81.3 Å². The largest absolute Gasteiger partial charge is 0.493 e. The Kier molecular flexibility index (Phi) is 3.44. The van der Waals surface area contributed by atoms with E-state index in [0.717, 1.165) is 5.46 Å². The molecule has 1 aromatic carbocycles. The summed E-state index contributed by atoms with van der Waals surface area (Å²) in [5.74, 6) is 0.472. The van der Waals surface area contributed by atoms with E-state index in [1.165, 1.54) is 0 Å². The van der Waals surface area contributed by atoms with Crippen LogP contribution in [0.15, 0.2) is 24.3 Å². The molecule has 1 rings (SSSR count). The van der Waals surface area contributed by atoms with Gasteiger partial charge in [0.2, 0.25) is 0 Å². The molecule has 0 radical (unpaired) electrons. The van der Waals surface area contributed by atoms with Crippen molar-refractivity contribution in [1.82, 2.24) is 0 Å². The quantitative estimate of drug-likeness (QED) is 0.670. The van der Waals surface area contributed by atoms with Crippen LogP contribution in [0.3, 0.4) is 0 Å². The molecule has 5 heteroatoms. The van der Waals surface area contributed by atoms with Gasteiger partial charge in [-0.2, -0.15) is 13.2 Å². The maximum Gasteiger partial charge on any atom is 0.392 e. The van der Waals surface area contributed by atoms with E-state index in [1.807, 2.05) is 7.85 Å². The van der Waals surface area contributed by atoms with Crippen LogP contribution in [0.4, 0.5) is 13.2 Å². The van der Waals surface area contributed by atoms with Crippen molar-refractivity contribution >= 4 is 13.3 Å². The maximum atomic E-state index is 11.7. The zero-order chi connectivity index (χ0) is 10.6.